The van der Waals surface area contributed by atoms with E-state index in [4.69, 9.17) is 0 Å². The highest BCUT2D eigenvalue weighted by atomic mass is 16.2. The lowest BCUT2D eigenvalue weighted by Crippen LogP contribution is -2.43. The molecular weight excluding hydrogens is 296 g/mol. The number of anilines is 2. The van der Waals surface area contributed by atoms with Crippen LogP contribution in [0.15, 0.2) is 66.7 Å². The Morgan fingerprint density at radius 3 is 2.46 bits per heavy atom. The van der Waals surface area contributed by atoms with Gasteiger partial charge in [-0.3, -0.25) is 4.79 Å². The van der Waals surface area contributed by atoms with Gasteiger partial charge < -0.3 is 10.6 Å². The molecule has 3 aromatic rings. The van der Waals surface area contributed by atoms with E-state index in [1.807, 2.05) is 44.2 Å². The molecule has 0 bridgehead atoms. The Labute approximate surface area is 141 Å². The molecule has 3 nitrogen and oxygen atoms in total. The van der Waals surface area contributed by atoms with Gasteiger partial charge >= 0.3 is 0 Å². The van der Waals surface area contributed by atoms with Gasteiger partial charge in [-0.15, -0.1) is 0 Å². The molecule has 0 saturated heterocycles. The number of para-hydroxylation sites is 1. The topological polar surface area (TPSA) is 41.1 Å². The van der Waals surface area contributed by atoms with Crippen molar-refractivity contribution in [3.05, 3.63) is 72.3 Å². The highest BCUT2D eigenvalue weighted by Gasteiger charge is 2.42. The lowest BCUT2D eigenvalue weighted by Gasteiger charge is -2.39. The van der Waals surface area contributed by atoms with Crippen LogP contribution in [-0.4, -0.2) is 5.91 Å². The molecule has 24 heavy (non-hydrogen) atoms. The van der Waals surface area contributed by atoms with Crippen molar-refractivity contribution in [3.63, 3.8) is 0 Å². The lowest BCUT2D eigenvalue weighted by molar-refractivity contribution is -0.125. The van der Waals surface area contributed by atoms with E-state index in [9.17, 15) is 4.79 Å². The molecular formula is C21H20N2O. The smallest absolute Gasteiger partial charge is 0.232 e. The van der Waals surface area contributed by atoms with Crippen LogP contribution in [-0.2, 0) is 4.79 Å². The maximum atomic E-state index is 12.5. The minimum Gasteiger partial charge on any atom is -0.377 e. The molecule has 0 aliphatic carbocycles. The summed E-state index contributed by atoms with van der Waals surface area (Å²) in [7, 11) is 0. The van der Waals surface area contributed by atoms with Gasteiger partial charge in [0, 0.05) is 11.4 Å². The highest BCUT2D eigenvalue weighted by Crippen LogP contribution is 2.44. The fourth-order valence-electron chi connectivity index (χ4n) is 3.37. The summed E-state index contributed by atoms with van der Waals surface area (Å²) in [5.74, 6) is 0.0412. The van der Waals surface area contributed by atoms with E-state index in [2.05, 4.69) is 47.0 Å². The number of carbonyl (C=O) groups is 1. The van der Waals surface area contributed by atoms with E-state index < -0.39 is 5.41 Å². The molecule has 1 heterocycles. The third kappa shape index (κ3) is 2.33. The van der Waals surface area contributed by atoms with E-state index in [0.717, 1.165) is 16.9 Å². The van der Waals surface area contributed by atoms with E-state index in [1.165, 1.54) is 10.8 Å². The van der Waals surface area contributed by atoms with Gasteiger partial charge in [-0.2, -0.15) is 0 Å². The van der Waals surface area contributed by atoms with Crippen molar-refractivity contribution in [2.24, 2.45) is 5.41 Å². The zero-order valence-corrected chi connectivity index (χ0v) is 13.8. The summed E-state index contributed by atoms with van der Waals surface area (Å²) in [4.78, 5) is 12.5. The highest BCUT2D eigenvalue weighted by molar-refractivity contribution is 5.99. The van der Waals surface area contributed by atoms with Crippen LogP contribution >= 0.6 is 0 Å². The van der Waals surface area contributed by atoms with Gasteiger partial charge in [0.1, 0.15) is 0 Å². The number of hydrogen-bond acceptors (Lipinski definition) is 2. The maximum Gasteiger partial charge on any atom is 0.232 e. The van der Waals surface area contributed by atoms with Gasteiger partial charge in [-0.25, -0.2) is 0 Å². The molecule has 1 aliphatic rings. The first-order valence-corrected chi connectivity index (χ1v) is 8.21. The predicted molar refractivity (Wildman–Crippen MR) is 99.2 cm³/mol. The van der Waals surface area contributed by atoms with E-state index >= 15 is 0 Å². The summed E-state index contributed by atoms with van der Waals surface area (Å²) in [5, 5.41) is 9.01. The zero-order chi connectivity index (χ0) is 16.7. The number of nitrogens with one attached hydrogen (secondary N) is 2. The maximum absolute atomic E-state index is 12.5. The molecule has 1 unspecified atom stereocenters. The van der Waals surface area contributed by atoms with E-state index in [-0.39, 0.29) is 11.9 Å². The molecule has 1 atom stereocenters. The van der Waals surface area contributed by atoms with E-state index in [0.29, 0.717) is 0 Å². The molecule has 1 amide bonds. The van der Waals surface area contributed by atoms with Crippen molar-refractivity contribution < 1.29 is 4.79 Å². The number of amides is 1. The first-order valence-electron chi connectivity index (χ1n) is 8.21. The number of fused-ring (bicyclic) bond motifs is 2. The van der Waals surface area contributed by atoms with Crippen molar-refractivity contribution in [3.8, 4) is 0 Å². The van der Waals surface area contributed by atoms with Gasteiger partial charge in [0.25, 0.3) is 0 Å². The van der Waals surface area contributed by atoms with Crippen LogP contribution in [0.4, 0.5) is 11.4 Å². The standard InChI is InChI=1S/C21H20N2O/c1-21(2)19(17-9-5-6-10-18(17)23-20(21)24)22-16-12-11-14-7-3-4-8-15(14)13-16/h3-13,19,22H,1-2H3,(H,23,24). The summed E-state index contributed by atoms with van der Waals surface area (Å²) in [6, 6.07) is 22.5. The molecule has 2 N–H and O–H groups in total. The number of hydrogen-bond donors (Lipinski definition) is 2. The van der Waals surface area contributed by atoms with Crippen LogP contribution in [0.3, 0.4) is 0 Å². The van der Waals surface area contributed by atoms with Crippen LogP contribution < -0.4 is 10.6 Å². The van der Waals surface area contributed by atoms with Gasteiger partial charge in [-0.1, -0.05) is 48.5 Å². The minimum atomic E-state index is -0.542. The first-order chi connectivity index (χ1) is 11.6. The predicted octanol–water partition coefficient (Wildman–Crippen LogP) is 4.97. The summed E-state index contributed by atoms with van der Waals surface area (Å²) >= 11 is 0. The molecule has 4 rings (SSSR count). The van der Waals surface area contributed by atoms with Crippen LogP contribution in [0.1, 0.15) is 25.5 Å². The molecule has 3 aromatic carbocycles. The minimum absolute atomic E-state index is 0.0412. The molecule has 3 heteroatoms. The number of rotatable bonds is 2. The molecule has 0 fully saturated rings. The molecule has 0 aromatic heterocycles. The Hall–Kier alpha value is -2.81. The Morgan fingerprint density at radius 1 is 0.917 bits per heavy atom. The van der Waals surface area contributed by atoms with Crippen molar-refractivity contribution in [1.29, 1.82) is 0 Å². The average molecular weight is 316 g/mol. The van der Waals surface area contributed by atoms with Gasteiger partial charge in [0.2, 0.25) is 5.91 Å². The van der Waals surface area contributed by atoms with Crippen LogP contribution in [0.25, 0.3) is 10.8 Å². The normalized spacial score (nSPS) is 18.8. The summed E-state index contributed by atoms with van der Waals surface area (Å²) in [5.41, 5.74) is 2.49. The third-order valence-electron chi connectivity index (χ3n) is 4.89. The number of carbonyl (C=O) groups excluding carboxylic acids is 1. The Bertz CT molecular complexity index is 930. The quantitative estimate of drug-likeness (QED) is 0.700. The molecule has 0 radical (unpaired) electrons. The SMILES string of the molecule is CC1(C)C(=O)Nc2ccccc2C1Nc1ccc2ccccc2c1. The second-order valence-electron chi connectivity index (χ2n) is 6.90. The summed E-state index contributed by atoms with van der Waals surface area (Å²) < 4.78 is 0. The lowest BCUT2D eigenvalue weighted by atomic mass is 9.76. The summed E-state index contributed by atoms with van der Waals surface area (Å²) in [6.07, 6.45) is 0. The first kappa shape index (κ1) is 14.8. The molecule has 120 valence electrons. The largest absolute Gasteiger partial charge is 0.377 e. The second kappa shape index (κ2) is 5.38. The molecule has 1 aliphatic heterocycles. The molecule has 0 saturated carbocycles. The van der Waals surface area contributed by atoms with Crippen molar-refractivity contribution in [1.82, 2.24) is 0 Å². The van der Waals surface area contributed by atoms with Gasteiger partial charge in [0.15, 0.2) is 0 Å². The summed E-state index contributed by atoms with van der Waals surface area (Å²) in [6.45, 7) is 3.97. The van der Waals surface area contributed by atoms with Crippen LogP contribution in [0, 0.1) is 5.41 Å². The fraction of sp³-hybridized carbons (Fsp3) is 0.190. The Morgan fingerprint density at radius 2 is 1.62 bits per heavy atom. The monoisotopic (exact) mass is 316 g/mol. The van der Waals surface area contributed by atoms with Crippen LogP contribution in [0.2, 0.25) is 0 Å². The van der Waals surface area contributed by atoms with Crippen molar-refractivity contribution in [2.75, 3.05) is 10.6 Å². The van der Waals surface area contributed by atoms with Gasteiger partial charge in [-0.05, 0) is 48.4 Å². The Balaban J connectivity index is 1.77. The third-order valence-corrected chi connectivity index (χ3v) is 4.89. The van der Waals surface area contributed by atoms with Gasteiger partial charge in [0.05, 0.1) is 11.5 Å². The van der Waals surface area contributed by atoms with Crippen molar-refractivity contribution in [2.45, 2.75) is 19.9 Å². The fourth-order valence-corrected chi connectivity index (χ4v) is 3.37. The van der Waals surface area contributed by atoms with Crippen molar-refractivity contribution >= 4 is 28.1 Å². The molecule has 0 spiro atoms. The van der Waals surface area contributed by atoms with Crippen LogP contribution in [0.5, 0.6) is 0 Å². The van der Waals surface area contributed by atoms with E-state index in [1.54, 1.807) is 0 Å². The Kier molecular flexibility index (Phi) is 3.31. The zero-order valence-electron chi connectivity index (χ0n) is 13.8. The number of benzene rings is 3. The average Bonchev–Trinajstić information content (AvgIpc) is 2.59. The second-order valence-corrected chi connectivity index (χ2v) is 6.90.